The molecular weight excluding hydrogens is 182 g/mol. The second kappa shape index (κ2) is 3.08. The Hall–Kier alpha value is -1.39. The van der Waals surface area contributed by atoms with Gasteiger partial charge in [0.15, 0.2) is 0 Å². The fourth-order valence-corrected chi connectivity index (χ4v) is 1.59. The first-order valence-electron chi connectivity index (χ1n) is 4.75. The van der Waals surface area contributed by atoms with Crippen molar-refractivity contribution in [2.24, 2.45) is 0 Å². The summed E-state index contributed by atoms with van der Waals surface area (Å²) in [6.07, 6.45) is 2.20. The van der Waals surface area contributed by atoms with E-state index in [1.165, 1.54) is 0 Å². The monoisotopic (exact) mass is 195 g/mol. The van der Waals surface area contributed by atoms with Crippen LogP contribution in [0.3, 0.4) is 0 Å². The van der Waals surface area contributed by atoms with Crippen molar-refractivity contribution < 1.29 is 9.90 Å². The van der Waals surface area contributed by atoms with Crippen molar-refractivity contribution in [3.63, 3.8) is 0 Å². The second-order valence-corrected chi connectivity index (χ2v) is 3.76. The Morgan fingerprint density at radius 2 is 2.21 bits per heavy atom. The quantitative estimate of drug-likeness (QED) is 0.784. The Morgan fingerprint density at radius 1 is 1.57 bits per heavy atom. The van der Waals surface area contributed by atoms with Crippen LogP contribution in [-0.4, -0.2) is 25.8 Å². The predicted octanol–water partition coefficient (Wildman–Crippen LogP) is 1.11. The molecule has 1 unspecified atom stereocenters. The number of aromatic nitrogens is 3. The van der Waals surface area contributed by atoms with Crippen LogP contribution in [0.15, 0.2) is 0 Å². The number of nitrogens with zero attached hydrogens (tertiary/aromatic N) is 3. The van der Waals surface area contributed by atoms with Crippen LogP contribution in [0.1, 0.15) is 43.4 Å². The summed E-state index contributed by atoms with van der Waals surface area (Å²) >= 11 is 0. The van der Waals surface area contributed by atoms with Gasteiger partial charge < -0.3 is 9.67 Å². The van der Waals surface area contributed by atoms with Crippen LogP contribution < -0.4 is 0 Å². The van der Waals surface area contributed by atoms with Gasteiger partial charge in [-0.05, 0) is 26.7 Å². The van der Waals surface area contributed by atoms with Gasteiger partial charge in [-0.25, -0.2) is 4.79 Å². The summed E-state index contributed by atoms with van der Waals surface area (Å²) in [4.78, 5) is 10.9. The second-order valence-electron chi connectivity index (χ2n) is 3.76. The summed E-state index contributed by atoms with van der Waals surface area (Å²) in [7, 11) is 0. The van der Waals surface area contributed by atoms with Crippen molar-refractivity contribution in [2.45, 2.75) is 38.6 Å². The summed E-state index contributed by atoms with van der Waals surface area (Å²) in [5, 5.41) is 16.9. The summed E-state index contributed by atoms with van der Waals surface area (Å²) in [5.74, 6) is 1.10. The van der Waals surface area contributed by atoms with Crippen molar-refractivity contribution in [1.82, 2.24) is 14.8 Å². The number of rotatable bonds is 3. The molecule has 1 aromatic heterocycles. The van der Waals surface area contributed by atoms with E-state index in [0.29, 0.717) is 11.7 Å². The lowest BCUT2D eigenvalue weighted by molar-refractivity contribution is -0.140. The third kappa shape index (κ3) is 1.38. The summed E-state index contributed by atoms with van der Waals surface area (Å²) < 4.78 is 1.72. The molecule has 0 saturated heterocycles. The molecule has 1 aliphatic rings. The zero-order valence-corrected chi connectivity index (χ0v) is 8.27. The minimum Gasteiger partial charge on any atom is -0.480 e. The number of carboxylic acid groups (broad SMARTS) is 1. The fourth-order valence-electron chi connectivity index (χ4n) is 1.59. The van der Waals surface area contributed by atoms with Crippen LogP contribution >= 0.6 is 0 Å². The first-order chi connectivity index (χ1) is 6.61. The van der Waals surface area contributed by atoms with Gasteiger partial charge in [0.1, 0.15) is 17.7 Å². The molecule has 76 valence electrons. The first kappa shape index (κ1) is 9.18. The molecule has 0 aliphatic heterocycles. The van der Waals surface area contributed by atoms with Crippen LogP contribution in [0.25, 0.3) is 0 Å². The summed E-state index contributed by atoms with van der Waals surface area (Å²) in [6, 6.07) is -0.569. The van der Waals surface area contributed by atoms with Gasteiger partial charge in [-0.15, -0.1) is 10.2 Å². The molecule has 1 N–H and O–H groups in total. The molecular formula is C9H13N3O2. The lowest BCUT2D eigenvalue weighted by Gasteiger charge is -2.12. The molecule has 1 heterocycles. The van der Waals surface area contributed by atoms with Crippen molar-refractivity contribution in [3.8, 4) is 0 Å². The van der Waals surface area contributed by atoms with Gasteiger partial charge in [-0.3, -0.25) is 0 Å². The van der Waals surface area contributed by atoms with Crippen LogP contribution in [-0.2, 0) is 4.79 Å². The maximum atomic E-state index is 10.9. The minimum absolute atomic E-state index is 0.429. The molecule has 0 amide bonds. The highest BCUT2D eigenvalue weighted by molar-refractivity contribution is 5.71. The lowest BCUT2D eigenvalue weighted by atomic mass is 10.3. The van der Waals surface area contributed by atoms with E-state index in [4.69, 9.17) is 5.11 Å². The maximum absolute atomic E-state index is 10.9. The number of carboxylic acids is 1. The van der Waals surface area contributed by atoms with Crippen LogP contribution in [0.5, 0.6) is 0 Å². The van der Waals surface area contributed by atoms with E-state index >= 15 is 0 Å². The van der Waals surface area contributed by atoms with Gasteiger partial charge in [0.25, 0.3) is 0 Å². The SMILES string of the molecule is Cc1nnc(C2CC2)n1C(C)C(=O)O. The zero-order valence-electron chi connectivity index (χ0n) is 8.27. The molecule has 2 rings (SSSR count). The van der Waals surface area contributed by atoms with E-state index in [-0.39, 0.29) is 0 Å². The summed E-state index contributed by atoms with van der Waals surface area (Å²) in [6.45, 7) is 3.45. The highest BCUT2D eigenvalue weighted by atomic mass is 16.4. The van der Waals surface area contributed by atoms with Crippen LogP contribution in [0.2, 0.25) is 0 Å². The van der Waals surface area contributed by atoms with E-state index in [1.54, 1.807) is 18.4 Å². The molecule has 1 aromatic rings. The third-order valence-corrected chi connectivity index (χ3v) is 2.58. The van der Waals surface area contributed by atoms with Gasteiger partial charge in [-0.1, -0.05) is 0 Å². The lowest BCUT2D eigenvalue weighted by Crippen LogP contribution is -2.18. The average molecular weight is 195 g/mol. The fraction of sp³-hybridized carbons (Fsp3) is 0.667. The molecule has 1 saturated carbocycles. The Kier molecular flexibility index (Phi) is 2.02. The van der Waals surface area contributed by atoms with Crippen molar-refractivity contribution in [3.05, 3.63) is 11.6 Å². The van der Waals surface area contributed by atoms with E-state index < -0.39 is 12.0 Å². The third-order valence-electron chi connectivity index (χ3n) is 2.58. The molecule has 5 nitrogen and oxygen atoms in total. The van der Waals surface area contributed by atoms with Gasteiger partial charge >= 0.3 is 5.97 Å². The van der Waals surface area contributed by atoms with Crippen LogP contribution in [0, 0.1) is 6.92 Å². The van der Waals surface area contributed by atoms with Gasteiger partial charge in [-0.2, -0.15) is 0 Å². The molecule has 0 aromatic carbocycles. The van der Waals surface area contributed by atoms with Gasteiger partial charge in [0.2, 0.25) is 0 Å². The molecule has 1 aliphatic carbocycles. The predicted molar refractivity (Wildman–Crippen MR) is 49.1 cm³/mol. The summed E-state index contributed by atoms with van der Waals surface area (Å²) in [5.41, 5.74) is 0. The highest BCUT2D eigenvalue weighted by Gasteiger charge is 2.32. The van der Waals surface area contributed by atoms with E-state index in [0.717, 1.165) is 18.7 Å². The largest absolute Gasteiger partial charge is 0.480 e. The van der Waals surface area contributed by atoms with E-state index in [2.05, 4.69) is 10.2 Å². The van der Waals surface area contributed by atoms with Crippen molar-refractivity contribution >= 4 is 5.97 Å². The number of aliphatic carboxylic acids is 1. The first-order valence-corrected chi connectivity index (χ1v) is 4.75. The number of aryl methyl sites for hydroxylation is 1. The molecule has 0 spiro atoms. The molecule has 1 atom stereocenters. The smallest absolute Gasteiger partial charge is 0.326 e. The Bertz CT molecular complexity index is 368. The van der Waals surface area contributed by atoms with Crippen LogP contribution in [0.4, 0.5) is 0 Å². The molecule has 0 radical (unpaired) electrons. The Balaban J connectivity index is 2.38. The molecule has 0 bridgehead atoms. The number of hydrogen-bond acceptors (Lipinski definition) is 3. The standard InChI is InChI=1S/C9H13N3O2/c1-5(9(13)14)12-6(2)10-11-8(12)7-3-4-7/h5,7H,3-4H2,1-2H3,(H,13,14). The molecule has 1 fully saturated rings. The maximum Gasteiger partial charge on any atom is 0.326 e. The topological polar surface area (TPSA) is 68.0 Å². The number of carbonyl (C=O) groups is 1. The minimum atomic E-state index is -0.838. The highest BCUT2D eigenvalue weighted by Crippen LogP contribution is 2.39. The Labute approximate surface area is 81.8 Å². The van der Waals surface area contributed by atoms with Gasteiger partial charge in [0.05, 0.1) is 0 Å². The van der Waals surface area contributed by atoms with E-state index in [9.17, 15) is 4.79 Å². The zero-order chi connectivity index (χ0) is 10.3. The van der Waals surface area contributed by atoms with E-state index in [1.807, 2.05) is 0 Å². The molecule has 14 heavy (non-hydrogen) atoms. The van der Waals surface area contributed by atoms with Crippen molar-refractivity contribution in [1.29, 1.82) is 0 Å². The normalized spacial score (nSPS) is 18.1. The number of hydrogen-bond donors (Lipinski definition) is 1. The Morgan fingerprint density at radius 3 is 2.71 bits per heavy atom. The van der Waals surface area contributed by atoms with Gasteiger partial charge in [0, 0.05) is 5.92 Å². The molecule has 5 heteroatoms. The van der Waals surface area contributed by atoms with Crippen molar-refractivity contribution in [2.75, 3.05) is 0 Å². The average Bonchev–Trinajstić information content (AvgIpc) is 2.89.